The van der Waals surface area contributed by atoms with E-state index in [1.807, 2.05) is 73.7 Å². The monoisotopic (exact) mass is 577 g/mol. The molecule has 0 aliphatic carbocycles. The first kappa shape index (κ1) is 27.7. The lowest BCUT2D eigenvalue weighted by Gasteiger charge is -2.16. The van der Waals surface area contributed by atoms with E-state index in [0.29, 0.717) is 34.8 Å². The Bertz CT molecular complexity index is 1870. The molecule has 0 saturated heterocycles. The fourth-order valence-electron chi connectivity index (χ4n) is 5.10. The number of fused-ring (bicyclic) bond motifs is 1. The first-order valence-corrected chi connectivity index (χ1v) is 13.7. The minimum Gasteiger partial charge on any atom is -0.497 e. The maximum Gasteiger partial charge on any atom is 0.191 e. The molecule has 216 valence electrons. The average Bonchev–Trinajstić information content (AvgIpc) is 3.33. The molecule has 2 heterocycles. The third-order valence-corrected chi connectivity index (χ3v) is 7.25. The van der Waals surface area contributed by atoms with Crippen molar-refractivity contribution in [1.82, 2.24) is 14.5 Å². The molecule has 7 nitrogen and oxygen atoms in total. The van der Waals surface area contributed by atoms with Gasteiger partial charge in [-0.3, -0.25) is 0 Å². The molecule has 3 N–H and O–H groups in total. The van der Waals surface area contributed by atoms with Crippen LogP contribution in [0.4, 0.5) is 20.3 Å². The summed E-state index contributed by atoms with van der Waals surface area (Å²) in [5, 5.41) is 3.39. The van der Waals surface area contributed by atoms with Crippen LogP contribution in [0.1, 0.15) is 16.7 Å². The van der Waals surface area contributed by atoms with Crippen molar-refractivity contribution in [2.24, 2.45) is 0 Å². The Hall–Kier alpha value is -5.44. The van der Waals surface area contributed by atoms with Gasteiger partial charge in [0.05, 0.1) is 24.0 Å². The molecular weight excluding hydrogens is 548 g/mol. The number of methoxy groups -OCH3 is 1. The van der Waals surface area contributed by atoms with Crippen LogP contribution in [-0.4, -0.2) is 21.6 Å². The predicted octanol–water partition coefficient (Wildman–Crippen LogP) is 7.46. The number of nitrogen functional groups attached to an aromatic ring is 1. The molecule has 9 heteroatoms. The zero-order chi connectivity index (χ0) is 29.9. The second-order valence-corrected chi connectivity index (χ2v) is 10.1. The minimum absolute atomic E-state index is 0.0313. The summed E-state index contributed by atoms with van der Waals surface area (Å²) in [7, 11) is 1.62. The van der Waals surface area contributed by atoms with Crippen LogP contribution in [-0.2, 0) is 13.2 Å². The molecular formula is C34H29F2N5O2. The molecule has 0 radical (unpaired) electrons. The lowest BCUT2D eigenvalue weighted by molar-refractivity contribution is 0.274. The number of aromatic nitrogens is 3. The van der Waals surface area contributed by atoms with Crippen molar-refractivity contribution in [3.05, 3.63) is 126 Å². The lowest BCUT2D eigenvalue weighted by atomic mass is 10.1. The largest absolute Gasteiger partial charge is 0.497 e. The highest BCUT2D eigenvalue weighted by Crippen LogP contribution is 2.39. The van der Waals surface area contributed by atoms with Crippen LogP contribution >= 0.6 is 0 Å². The Kier molecular flexibility index (Phi) is 7.61. The first-order chi connectivity index (χ1) is 20.9. The Balaban J connectivity index is 1.47. The molecule has 0 bridgehead atoms. The van der Waals surface area contributed by atoms with E-state index in [1.165, 1.54) is 18.5 Å². The summed E-state index contributed by atoms with van der Waals surface area (Å²) in [6.45, 7) is 2.41. The van der Waals surface area contributed by atoms with E-state index in [4.69, 9.17) is 15.2 Å². The molecule has 6 aromatic rings. The van der Waals surface area contributed by atoms with E-state index in [1.54, 1.807) is 23.8 Å². The van der Waals surface area contributed by atoms with Gasteiger partial charge >= 0.3 is 0 Å². The number of ether oxygens (including phenoxy) is 2. The SMILES string of the molecule is COc1ccc(CNc2ncnc3c(C)c(-c4ccc(N)cc4)n(-c4cc(F)c(OCc5ccccc5)c(F)c4)c23)cc1. The highest BCUT2D eigenvalue weighted by Gasteiger charge is 2.24. The number of nitrogens with one attached hydrogen (secondary N) is 1. The van der Waals surface area contributed by atoms with Crippen molar-refractivity contribution in [3.63, 3.8) is 0 Å². The van der Waals surface area contributed by atoms with Crippen LogP contribution in [0.3, 0.4) is 0 Å². The van der Waals surface area contributed by atoms with E-state index in [0.717, 1.165) is 28.0 Å². The van der Waals surface area contributed by atoms with Crippen molar-refractivity contribution >= 4 is 22.5 Å². The second-order valence-electron chi connectivity index (χ2n) is 10.1. The van der Waals surface area contributed by atoms with Crippen molar-refractivity contribution in [3.8, 4) is 28.4 Å². The summed E-state index contributed by atoms with van der Waals surface area (Å²) in [6.07, 6.45) is 1.48. The smallest absolute Gasteiger partial charge is 0.191 e. The van der Waals surface area contributed by atoms with Gasteiger partial charge in [0.2, 0.25) is 0 Å². The summed E-state index contributed by atoms with van der Waals surface area (Å²) in [4.78, 5) is 9.10. The maximum atomic E-state index is 15.6. The van der Waals surface area contributed by atoms with Gasteiger partial charge in [-0.2, -0.15) is 0 Å². The molecule has 0 spiro atoms. The van der Waals surface area contributed by atoms with Gasteiger partial charge in [0, 0.05) is 29.9 Å². The van der Waals surface area contributed by atoms with Crippen LogP contribution in [0.25, 0.3) is 28.0 Å². The van der Waals surface area contributed by atoms with Gasteiger partial charge in [0.15, 0.2) is 23.2 Å². The normalized spacial score (nSPS) is 11.1. The van der Waals surface area contributed by atoms with Gasteiger partial charge in [0.25, 0.3) is 0 Å². The first-order valence-electron chi connectivity index (χ1n) is 13.7. The standard InChI is InChI=1S/C34H29F2N5O2/c1-21-30-32(34(40-20-39-30)38-18-22-8-14-27(42-2)15-9-22)41(31(21)24-10-12-25(37)13-11-24)26-16-28(35)33(29(36)17-26)43-19-23-6-4-3-5-7-23/h3-17,20H,18-19,37H2,1-2H3,(H,38,39,40). The highest BCUT2D eigenvalue weighted by molar-refractivity contribution is 5.96. The van der Waals surface area contributed by atoms with Crippen LogP contribution in [0.5, 0.6) is 11.5 Å². The van der Waals surface area contributed by atoms with Crippen LogP contribution in [0.15, 0.2) is 97.3 Å². The third kappa shape index (κ3) is 5.57. The van der Waals surface area contributed by atoms with Crippen molar-refractivity contribution in [2.75, 3.05) is 18.2 Å². The van der Waals surface area contributed by atoms with Crippen LogP contribution in [0.2, 0.25) is 0 Å². The molecule has 0 aliphatic heterocycles. The molecule has 0 saturated carbocycles. The van der Waals surface area contributed by atoms with Gasteiger partial charge < -0.3 is 25.1 Å². The molecule has 0 unspecified atom stereocenters. The van der Waals surface area contributed by atoms with Crippen LogP contribution in [0, 0.1) is 18.6 Å². The molecule has 43 heavy (non-hydrogen) atoms. The third-order valence-electron chi connectivity index (χ3n) is 7.25. The number of rotatable bonds is 9. The van der Waals surface area contributed by atoms with Gasteiger partial charge in [-0.05, 0) is 47.9 Å². The molecule has 0 amide bonds. The topological polar surface area (TPSA) is 87.2 Å². The van der Waals surface area contributed by atoms with Gasteiger partial charge in [-0.15, -0.1) is 0 Å². The maximum absolute atomic E-state index is 15.6. The minimum atomic E-state index is -0.821. The molecule has 0 fully saturated rings. The quantitative estimate of drug-likeness (QED) is 0.174. The molecule has 0 aliphatic rings. The number of hydrogen-bond acceptors (Lipinski definition) is 6. The Labute approximate surface area is 247 Å². The average molecular weight is 578 g/mol. The van der Waals surface area contributed by atoms with Gasteiger partial charge in [0.1, 0.15) is 24.2 Å². The zero-order valence-electron chi connectivity index (χ0n) is 23.6. The van der Waals surface area contributed by atoms with E-state index in [-0.39, 0.29) is 12.3 Å². The Morgan fingerprint density at radius 1 is 0.860 bits per heavy atom. The summed E-state index contributed by atoms with van der Waals surface area (Å²) >= 11 is 0. The van der Waals surface area contributed by atoms with E-state index < -0.39 is 17.4 Å². The van der Waals surface area contributed by atoms with Gasteiger partial charge in [-0.1, -0.05) is 54.6 Å². The number of halogens is 2. The second kappa shape index (κ2) is 11.8. The van der Waals surface area contributed by atoms with Crippen molar-refractivity contribution in [1.29, 1.82) is 0 Å². The zero-order valence-corrected chi connectivity index (χ0v) is 23.6. The van der Waals surface area contributed by atoms with E-state index in [2.05, 4.69) is 15.3 Å². The van der Waals surface area contributed by atoms with E-state index in [9.17, 15) is 0 Å². The number of nitrogens with zero attached hydrogens (tertiary/aromatic N) is 3. The molecule has 0 atom stereocenters. The summed E-state index contributed by atoms with van der Waals surface area (Å²) in [6, 6.07) is 26.7. The number of nitrogens with two attached hydrogens (primary N) is 1. The Morgan fingerprint density at radius 3 is 2.23 bits per heavy atom. The Morgan fingerprint density at radius 2 is 1.56 bits per heavy atom. The fourth-order valence-corrected chi connectivity index (χ4v) is 5.10. The van der Waals surface area contributed by atoms with Crippen LogP contribution < -0.4 is 20.5 Å². The predicted molar refractivity (Wildman–Crippen MR) is 164 cm³/mol. The van der Waals surface area contributed by atoms with Crippen molar-refractivity contribution < 1.29 is 18.3 Å². The highest BCUT2D eigenvalue weighted by atomic mass is 19.1. The van der Waals surface area contributed by atoms with Crippen molar-refractivity contribution in [2.45, 2.75) is 20.1 Å². The number of hydrogen-bond donors (Lipinski definition) is 2. The summed E-state index contributed by atoms with van der Waals surface area (Å²) in [5.74, 6) is -0.817. The number of aryl methyl sites for hydroxylation is 1. The molecule has 2 aromatic heterocycles. The van der Waals surface area contributed by atoms with E-state index >= 15 is 8.78 Å². The number of benzene rings is 4. The fraction of sp³-hybridized carbons (Fsp3) is 0.118. The van der Waals surface area contributed by atoms with Gasteiger partial charge in [-0.25, -0.2) is 18.7 Å². The molecule has 4 aromatic carbocycles. The summed E-state index contributed by atoms with van der Waals surface area (Å²) < 4.78 is 43.8. The lowest BCUT2D eigenvalue weighted by Crippen LogP contribution is -2.07. The summed E-state index contributed by atoms with van der Waals surface area (Å²) in [5.41, 5.74) is 12.2. The number of anilines is 2. The molecule has 6 rings (SSSR count).